The number of nitrogens with one attached hydrogen (secondary N) is 1. The third kappa shape index (κ3) is 4.81. The van der Waals surface area contributed by atoms with Gasteiger partial charge in [-0.3, -0.25) is 4.90 Å². The Morgan fingerprint density at radius 2 is 2.12 bits per heavy atom. The Morgan fingerprint density at radius 1 is 1.31 bits per heavy atom. The Morgan fingerprint density at radius 3 is 2.81 bits per heavy atom. The lowest BCUT2D eigenvalue weighted by atomic mass is 10.1. The van der Waals surface area contributed by atoms with Crippen LogP contribution in [0.3, 0.4) is 0 Å². The number of nitrogens with zero attached hydrogens (tertiary/aromatic N) is 1. The molecule has 0 saturated carbocycles. The molecule has 1 aliphatic heterocycles. The van der Waals surface area contributed by atoms with E-state index in [1.54, 1.807) is 0 Å². The van der Waals surface area contributed by atoms with Crippen LogP contribution in [-0.2, 0) is 4.74 Å². The number of hydrogen-bond donors (Lipinski definition) is 1. The number of rotatable bonds is 7. The predicted molar refractivity (Wildman–Crippen MR) is 68.8 cm³/mol. The molecule has 0 aromatic carbocycles. The quantitative estimate of drug-likeness (QED) is 0.673. The van der Waals surface area contributed by atoms with Crippen molar-refractivity contribution in [3.63, 3.8) is 0 Å². The number of ether oxygens (including phenoxy) is 1. The first-order valence-electron chi connectivity index (χ1n) is 6.83. The van der Waals surface area contributed by atoms with Gasteiger partial charge in [-0.05, 0) is 26.2 Å². The second-order valence-electron chi connectivity index (χ2n) is 4.83. The van der Waals surface area contributed by atoms with Crippen LogP contribution < -0.4 is 5.32 Å². The minimum atomic E-state index is 0.638. The van der Waals surface area contributed by atoms with E-state index in [2.05, 4.69) is 31.0 Å². The summed E-state index contributed by atoms with van der Waals surface area (Å²) in [5, 5.41) is 3.55. The van der Waals surface area contributed by atoms with Crippen LogP contribution in [0.1, 0.15) is 40.0 Å². The fourth-order valence-electron chi connectivity index (χ4n) is 2.32. The summed E-state index contributed by atoms with van der Waals surface area (Å²) in [6.07, 6.45) is 3.54. The molecule has 1 rings (SSSR count). The second kappa shape index (κ2) is 8.04. The van der Waals surface area contributed by atoms with Crippen molar-refractivity contribution in [2.24, 2.45) is 0 Å². The second-order valence-corrected chi connectivity index (χ2v) is 4.83. The highest BCUT2D eigenvalue weighted by Gasteiger charge is 2.23. The fraction of sp³-hybridized carbons (Fsp3) is 1.00. The van der Waals surface area contributed by atoms with Crippen molar-refractivity contribution in [3.8, 4) is 0 Å². The Kier molecular flexibility index (Phi) is 7.01. The number of hydrogen-bond acceptors (Lipinski definition) is 3. The molecule has 0 aliphatic carbocycles. The molecule has 2 unspecified atom stereocenters. The van der Waals surface area contributed by atoms with Crippen LogP contribution >= 0.6 is 0 Å². The van der Waals surface area contributed by atoms with E-state index in [1.165, 1.54) is 25.9 Å². The highest BCUT2D eigenvalue weighted by atomic mass is 16.5. The van der Waals surface area contributed by atoms with E-state index >= 15 is 0 Å². The predicted octanol–water partition coefficient (Wildman–Crippen LogP) is 1.88. The van der Waals surface area contributed by atoms with Gasteiger partial charge in [0, 0.05) is 44.9 Å². The molecule has 0 spiro atoms. The van der Waals surface area contributed by atoms with Crippen molar-refractivity contribution in [2.45, 2.75) is 52.1 Å². The van der Waals surface area contributed by atoms with Crippen LogP contribution in [0.15, 0.2) is 0 Å². The van der Waals surface area contributed by atoms with Crippen molar-refractivity contribution in [3.05, 3.63) is 0 Å². The molecule has 1 fully saturated rings. The van der Waals surface area contributed by atoms with Crippen molar-refractivity contribution in [1.29, 1.82) is 0 Å². The van der Waals surface area contributed by atoms with E-state index in [4.69, 9.17) is 4.74 Å². The standard InChI is InChI=1S/C13H28N2O/c1-4-8-16-9-6-7-15-11-12(3)14-10-13(15)5-2/h12-14H,4-11H2,1-3H3. The van der Waals surface area contributed by atoms with Crippen LogP contribution in [-0.4, -0.2) is 49.8 Å². The summed E-state index contributed by atoms with van der Waals surface area (Å²) in [6, 6.07) is 1.36. The van der Waals surface area contributed by atoms with Crippen molar-refractivity contribution in [2.75, 3.05) is 32.8 Å². The van der Waals surface area contributed by atoms with Crippen molar-refractivity contribution < 1.29 is 4.74 Å². The van der Waals surface area contributed by atoms with Gasteiger partial charge in [-0.1, -0.05) is 13.8 Å². The molecule has 16 heavy (non-hydrogen) atoms. The van der Waals surface area contributed by atoms with Crippen LogP contribution in [0.2, 0.25) is 0 Å². The van der Waals surface area contributed by atoms with Crippen LogP contribution in [0, 0.1) is 0 Å². The molecule has 1 saturated heterocycles. The molecular weight excluding hydrogens is 200 g/mol. The Balaban J connectivity index is 2.16. The third-order valence-electron chi connectivity index (χ3n) is 3.28. The minimum Gasteiger partial charge on any atom is -0.381 e. The van der Waals surface area contributed by atoms with Gasteiger partial charge in [-0.25, -0.2) is 0 Å². The monoisotopic (exact) mass is 228 g/mol. The maximum absolute atomic E-state index is 5.53. The number of piperazine rings is 1. The summed E-state index contributed by atoms with van der Waals surface area (Å²) in [7, 11) is 0. The van der Waals surface area contributed by atoms with Crippen LogP contribution in [0.4, 0.5) is 0 Å². The van der Waals surface area contributed by atoms with Gasteiger partial charge in [0.2, 0.25) is 0 Å². The van der Waals surface area contributed by atoms with Gasteiger partial charge >= 0.3 is 0 Å². The summed E-state index contributed by atoms with van der Waals surface area (Å²) in [5.74, 6) is 0. The molecule has 0 radical (unpaired) electrons. The molecule has 3 nitrogen and oxygen atoms in total. The SMILES string of the molecule is CCCOCCCN1CC(C)NCC1CC. The van der Waals surface area contributed by atoms with E-state index in [1.807, 2.05) is 0 Å². The molecule has 0 aromatic rings. The lowest BCUT2D eigenvalue weighted by Gasteiger charge is -2.39. The Labute approximate surface area is 101 Å². The van der Waals surface area contributed by atoms with E-state index in [-0.39, 0.29) is 0 Å². The average Bonchev–Trinajstić information content (AvgIpc) is 2.29. The van der Waals surface area contributed by atoms with Gasteiger partial charge in [0.25, 0.3) is 0 Å². The first-order chi connectivity index (χ1) is 7.77. The summed E-state index contributed by atoms with van der Waals surface area (Å²) < 4.78 is 5.53. The molecule has 0 aromatic heterocycles. The van der Waals surface area contributed by atoms with E-state index in [0.29, 0.717) is 6.04 Å². The largest absolute Gasteiger partial charge is 0.381 e. The fourth-order valence-corrected chi connectivity index (χ4v) is 2.32. The molecule has 96 valence electrons. The van der Waals surface area contributed by atoms with Crippen molar-refractivity contribution >= 4 is 0 Å². The minimum absolute atomic E-state index is 0.638. The highest BCUT2D eigenvalue weighted by Crippen LogP contribution is 2.10. The molecule has 0 amide bonds. The zero-order valence-electron chi connectivity index (χ0n) is 11.2. The van der Waals surface area contributed by atoms with Crippen LogP contribution in [0.5, 0.6) is 0 Å². The summed E-state index contributed by atoms with van der Waals surface area (Å²) >= 11 is 0. The Bertz CT molecular complexity index is 175. The lowest BCUT2D eigenvalue weighted by molar-refractivity contribution is 0.0933. The maximum atomic E-state index is 5.53. The molecule has 3 heteroatoms. The topological polar surface area (TPSA) is 24.5 Å². The van der Waals surface area contributed by atoms with Crippen molar-refractivity contribution in [1.82, 2.24) is 10.2 Å². The van der Waals surface area contributed by atoms with Gasteiger partial charge in [0.05, 0.1) is 0 Å². The average molecular weight is 228 g/mol. The normalized spacial score (nSPS) is 27.2. The summed E-state index contributed by atoms with van der Waals surface area (Å²) in [6.45, 7) is 12.1. The van der Waals surface area contributed by atoms with Gasteiger partial charge in [-0.15, -0.1) is 0 Å². The lowest BCUT2D eigenvalue weighted by Crippen LogP contribution is -2.55. The summed E-state index contributed by atoms with van der Waals surface area (Å²) in [4.78, 5) is 2.62. The van der Waals surface area contributed by atoms with E-state index in [0.717, 1.165) is 32.2 Å². The first kappa shape index (κ1) is 13.9. The third-order valence-corrected chi connectivity index (χ3v) is 3.28. The van der Waals surface area contributed by atoms with Gasteiger partial charge in [-0.2, -0.15) is 0 Å². The molecule has 1 N–H and O–H groups in total. The highest BCUT2D eigenvalue weighted by molar-refractivity contribution is 4.82. The smallest absolute Gasteiger partial charge is 0.0478 e. The Hall–Kier alpha value is -0.120. The summed E-state index contributed by atoms with van der Waals surface area (Å²) in [5.41, 5.74) is 0. The van der Waals surface area contributed by atoms with Gasteiger partial charge in [0.15, 0.2) is 0 Å². The maximum Gasteiger partial charge on any atom is 0.0478 e. The molecule has 1 aliphatic rings. The van der Waals surface area contributed by atoms with Crippen LogP contribution in [0.25, 0.3) is 0 Å². The van der Waals surface area contributed by atoms with E-state index < -0.39 is 0 Å². The first-order valence-corrected chi connectivity index (χ1v) is 6.83. The van der Waals surface area contributed by atoms with Gasteiger partial charge < -0.3 is 10.1 Å². The molecule has 1 heterocycles. The molecular formula is C13H28N2O. The molecule has 0 bridgehead atoms. The zero-order valence-corrected chi connectivity index (χ0v) is 11.2. The molecule has 2 atom stereocenters. The zero-order chi connectivity index (χ0) is 11.8. The van der Waals surface area contributed by atoms with E-state index in [9.17, 15) is 0 Å². The van der Waals surface area contributed by atoms with Gasteiger partial charge in [0.1, 0.15) is 0 Å².